The standard InChI is InChI=1S/C23H28N4O2S/c1-27-14-20(18-11-12-25-22(18)23(27)28)19-13-17(30(24,29)16-7-8-16)9-10-21(19)26-15-5-3-2-4-6-15/h9-16,24-26H,2-8H2,1H3. The van der Waals surface area contributed by atoms with E-state index in [-0.39, 0.29) is 10.8 Å². The van der Waals surface area contributed by atoms with Crippen molar-refractivity contribution < 1.29 is 4.21 Å². The SMILES string of the molecule is Cn1cc(-c2cc(S(=N)(=O)C3CC3)ccc2NC2CCCCC2)c2cc[nH]c2c1=O. The number of nitrogens with one attached hydrogen (secondary N) is 3. The zero-order chi connectivity index (χ0) is 20.9. The number of rotatable bonds is 5. The minimum absolute atomic E-state index is 0.0325. The zero-order valence-electron chi connectivity index (χ0n) is 17.2. The number of aromatic nitrogens is 2. The molecule has 158 valence electrons. The van der Waals surface area contributed by atoms with Crippen molar-refractivity contribution in [2.45, 2.75) is 61.1 Å². The molecule has 0 spiro atoms. The molecule has 30 heavy (non-hydrogen) atoms. The van der Waals surface area contributed by atoms with Gasteiger partial charge < -0.3 is 14.9 Å². The number of benzene rings is 1. The molecule has 0 aliphatic heterocycles. The van der Waals surface area contributed by atoms with E-state index in [4.69, 9.17) is 4.78 Å². The molecule has 3 N–H and O–H groups in total. The van der Waals surface area contributed by atoms with Crippen molar-refractivity contribution in [2.24, 2.45) is 7.05 Å². The second-order valence-electron chi connectivity index (χ2n) is 8.71. The molecule has 1 aromatic carbocycles. The first kappa shape index (κ1) is 19.4. The maximum Gasteiger partial charge on any atom is 0.274 e. The van der Waals surface area contributed by atoms with Gasteiger partial charge in [-0.05, 0) is 49.9 Å². The molecule has 0 radical (unpaired) electrons. The molecular weight excluding hydrogens is 396 g/mol. The Hall–Kier alpha value is -2.54. The smallest absolute Gasteiger partial charge is 0.274 e. The van der Waals surface area contributed by atoms with Crippen LogP contribution >= 0.6 is 0 Å². The first-order chi connectivity index (χ1) is 14.4. The zero-order valence-corrected chi connectivity index (χ0v) is 18.1. The van der Waals surface area contributed by atoms with Crippen LogP contribution in [0.4, 0.5) is 5.69 Å². The van der Waals surface area contributed by atoms with Crippen molar-refractivity contribution in [1.82, 2.24) is 9.55 Å². The molecule has 2 aliphatic carbocycles. The highest BCUT2D eigenvalue weighted by atomic mass is 32.2. The molecule has 2 aliphatic rings. The molecule has 2 aromatic heterocycles. The van der Waals surface area contributed by atoms with Gasteiger partial charge in [-0.2, -0.15) is 0 Å². The minimum atomic E-state index is -2.81. The molecule has 0 amide bonds. The van der Waals surface area contributed by atoms with Crippen molar-refractivity contribution >= 4 is 26.3 Å². The number of H-pyrrole nitrogens is 1. The number of pyridine rings is 1. The van der Waals surface area contributed by atoms with Crippen LogP contribution in [0.5, 0.6) is 0 Å². The number of hydrogen-bond acceptors (Lipinski definition) is 4. The number of fused-ring (bicyclic) bond motifs is 1. The van der Waals surface area contributed by atoms with Gasteiger partial charge in [-0.3, -0.25) is 4.79 Å². The predicted octanol–water partition coefficient (Wildman–Crippen LogP) is 4.85. The number of aromatic amines is 1. The Bertz CT molecular complexity index is 1260. The van der Waals surface area contributed by atoms with Crippen LogP contribution in [0.15, 0.2) is 46.3 Å². The summed E-state index contributed by atoms with van der Waals surface area (Å²) in [5.74, 6) is 0. The van der Waals surface area contributed by atoms with Gasteiger partial charge in [0.1, 0.15) is 5.52 Å². The lowest BCUT2D eigenvalue weighted by molar-refractivity contribution is 0.463. The summed E-state index contributed by atoms with van der Waals surface area (Å²) in [4.78, 5) is 16.2. The van der Waals surface area contributed by atoms with E-state index in [1.54, 1.807) is 17.8 Å². The van der Waals surface area contributed by atoms with Crippen LogP contribution < -0.4 is 10.9 Å². The Morgan fingerprint density at radius 3 is 2.60 bits per heavy atom. The van der Waals surface area contributed by atoms with Gasteiger partial charge in [-0.15, -0.1) is 0 Å². The predicted molar refractivity (Wildman–Crippen MR) is 122 cm³/mol. The van der Waals surface area contributed by atoms with Crippen LogP contribution in [0, 0.1) is 4.78 Å². The summed E-state index contributed by atoms with van der Waals surface area (Å²) < 4.78 is 23.3. The lowest BCUT2D eigenvalue weighted by Crippen LogP contribution is -2.23. The van der Waals surface area contributed by atoms with Crippen LogP contribution in [0.1, 0.15) is 44.9 Å². The molecule has 1 atom stereocenters. The molecule has 2 fully saturated rings. The van der Waals surface area contributed by atoms with E-state index in [1.165, 1.54) is 19.3 Å². The average molecular weight is 425 g/mol. The summed E-state index contributed by atoms with van der Waals surface area (Å²) >= 11 is 0. The third-order valence-corrected chi connectivity index (χ3v) is 8.85. The average Bonchev–Trinajstić information content (AvgIpc) is 3.50. The van der Waals surface area contributed by atoms with Gasteiger partial charge in [0.05, 0.1) is 9.73 Å². The Morgan fingerprint density at radius 2 is 1.87 bits per heavy atom. The fraction of sp³-hybridized carbons (Fsp3) is 0.435. The molecule has 7 heteroatoms. The maximum atomic E-state index is 13.2. The van der Waals surface area contributed by atoms with Gasteiger partial charge in [0.2, 0.25) is 0 Å². The van der Waals surface area contributed by atoms with E-state index in [2.05, 4.69) is 10.3 Å². The molecule has 6 nitrogen and oxygen atoms in total. The molecule has 2 heterocycles. The van der Waals surface area contributed by atoms with Crippen molar-refractivity contribution in [3.05, 3.63) is 47.0 Å². The molecule has 1 unspecified atom stereocenters. The number of hydrogen-bond donors (Lipinski definition) is 3. The van der Waals surface area contributed by atoms with Gasteiger partial charge in [0, 0.05) is 57.8 Å². The third-order valence-electron chi connectivity index (χ3n) is 6.48. The topological polar surface area (TPSA) is 90.7 Å². The summed E-state index contributed by atoms with van der Waals surface area (Å²) in [6, 6.07) is 8.10. The van der Waals surface area contributed by atoms with Crippen LogP contribution in [0.25, 0.3) is 22.0 Å². The van der Waals surface area contributed by atoms with Gasteiger partial charge in [-0.1, -0.05) is 19.3 Å². The lowest BCUT2D eigenvalue weighted by atomic mass is 9.94. The van der Waals surface area contributed by atoms with Crippen LogP contribution in [-0.2, 0) is 16.8 Å². The lowest BCUT2D eigenvalue weighted by Gasteiger charge is -2.26. The normalized spacial score (nSPS) is 19.6. The Morgan fingerprint density at radius 1 is 1.10 bits per heavy atom. The summed E-state index contributed by atoms with van der Waals surface area (Å²) in [6.45, 7) is 0. The number of anilines is 1. The highest BCUT2D eigenvalue weighted by molar-refractivity contribution is 7.93. The second-order valence-corrected chi connectivity index (χ2v) is 11.1. The fourth-order valence-electron chi connectivity index (χ4n) is 4.60. The van der Waals surface area contributed by atoms with Gasteiger partial charge in [0.25, 0.3) is 5.56 Å². The van der Waals surface area contributed by atoms with Crippen molar-refractivity contribution in [1.29, 1.82) is 4.78 Å². The summed E-state index contributed by atoms with van der Waals surface area (Å²) in [6.07, 6.45) is 11.4. The van der Waals surface area contributed by atoms with E-state index < -0.39 is 9.73 Å². The quantitative estimate of drug-likeness (QED) is 0.547. The molecule has 5 rings (SSSR count). The van der Waals surface area contributed by atoms with E-state index in [1.807, 2.05) is 30.5 Å². The summed E-state index contributed by atoms with van der Waals surface area (Å²) in [5, 5.41) is 4.53. The highest BCUT2D eigenvalue weighted by Gasteiger charge is 2.34. The third kappa shape index (κ3) is 3.35. The Labute approximate surface area is 176 Å². The monoisotopic (exact) mass is 424 g/mol. The van der Waals surface area contributed by atoms with Crippen LogP contribution in [0.3, 0.4) is 0 Å². The first-order valence-corrected chi connectivity index (χ1v) is 12.4. The minimum Gasteiger partial charge on any atom is -0.382 e. The Kier molecular flexibility index (Phi) is 4.73. The van der Waals surface area contributed by atoms with Crippen LogP contribution in [0.2, 0.25) is 0 Å². The number of aryl methyl sites for hydroxylation is 1. The number of nitrogens with zero attached hydrogens (tertiary/aromatic N) is 1. The highest BCUT2D eigenvalue weighted by Crippen LogP contribution is 2.39. The first-order valence-electron chi connectivity index (χ1n) is 10.8. The van der Waals surface area contributed by atoms with Gasteiger partial charge >= 0.3 is 0 Å². The van der Waals surface area contributed by atoms with E-state index in [9.17, 15) is 9.00 Å². The van der Waals surface area contributed by atoms with E-state index in [0.717, 1.165) is 47.9 Å². The summed E-state index contributed by atoms with van der Waals surface area (Å²) in [7, 11) is -1.06. The molecule has 2 saturated carbocycles. The summed E-state index contributed by atoms with van der Waals surface area (Å²) in [5.41, 5.74) is 3.31. The largest absolute Gasteiger partial charge is 0.382 e. The molecule has 3 aromatic rings. The van der Waals surface area contributed by atoms with Crippen molar-refractivity contribution in [3.63, 3.8) is 0 Å². The Balaban J connectivity index is 1.68. The molecular formula is C23H28N4O2S. The second kappa shape index (κ2) is 7.30. The fourth-order valence-corrected chi connectivity index (χ4v) is 6.35. The van der Waals surface area contributed by atoms with Crippen LogP contribution in [-0.4, -0.2) is 25.1 Å². The maximum absolute atomic E-state index is 13.2. The van der Waals surface area contributed by atoms with E-state index in [0.29, 0.717) is 16.5 Å². The van der Waals surface area contributed by atoms with Crippen molar-refractivity contribution in [3.8, 4) is 11.1 Å². The van der Waals surface area contributed by atoms with Gasteiger partial charge in [0.15, 0.2) is 0 Å². The van der Waals surface area contributed by atoms with Crippen molar-refractivity contribution in [2.75, 3.05) is 5.32 Å². The van der Waals surface area contributed by atoms with E-state index >= 15 is 0 Å². The van der Waals surface area contributed by atoms with Gasteiger partial charge in [-0.25, -0.2) is 8.99 Å². The molecule has 0 saturated heterocycles. The molecule has 0 bridgehead atoms.